The molecule has 0 unspecified atom stereocenters. The molecule has 0 atom stereocenters. The maximum absolute atomic E-state index is 5.25. The molecule has 0 radical (unpaired) electrons. The first-order valence-corrected chi connectivity index (χ1v) is 6.61. The molecule has 1 aromatic carbocycles. The molecule has 2 heteroatoms. The van der Waals surface area contributed by atoms with Gasteiger partial charge in [0.25, 0.3) is 0 Å². The maximum atomic E-state index is 5.25. The van der Waals surface area contributed by atoms with Crippen molar-refractivity contribution in [2.45, 2.75) is 13.3 Å². The molecule has 1 aliphatic carbocycles. The first-order valence-electron chi connectivity index (χ1n) is 6.61. The summed E-state index contributed by atoms with van der Waals surface area (Å²) in [5.74, 6) is 0.831. The van der Waals surface area contributed by atoms with Gasteiger partial charge in [-0.3, -0.25) is 4.99 Å². The highest BCUT2D eigenvalue weighted by atomic mass is 16.5. The summed E-state index contributed by atoms with van der Waals surface area (Å²) < 4.78 is 5.25. The van der Waals surface area contributed by atoms with Crippen molar-refractivity contribution in [3.63, 3.8) is 0 Å². The zero-order chi connectivity index (χ0) is 14.4. The molecule has 2 nitrogen and oxygen atoms in total. The Hall–Kier alpha value is -2.35. The monoisotopic (exact) mass is 265 g/mol. The molecule has 0 saturated carbocycles. The van der Waals surface area contributed by atoms with Crippen molar-refractivity contribution in [2.75, 3.05) is 7.11 Å². The summed E-state index contributed by atoms with van der Waals surface area (Å²) in [5.41, 5.74) is 3.98. The van der Waals surface area contributed by atoms with E-state index in [0.29, 0.717) is 0 Å². The van der Waals surface area contributed by atoms with Gasteiger partial charge in [-0.15, -0.1) is 0 Å². The lowest BCUT2D eigenvalue weighted by Gasteiger charge is -2.09. The minimum atomic E-state index is 0.813. The Morgan fingerprint density at radius 1 is 1.30 bits per heavy atom. The number of rotatable bonds is 4. The van der Waals surface area contributed by atoms with Crippen LogP contribution in [0.1, 0.15) is 18.9 Å². The molecular formula is C18H19NO. The largest absolute Gasteiger partial charge is 0.497 e. The van der Waals surface area contributed by atoms with Crippen LogP contribution in [-0.2, 0) is 4.74 Å². The second-order valence-electron chi connectivity index (χ2n) is 4.70. The number of benzene rings is 1. The zero-order valence-corrected chi connectivity index (χ0v) is 12.0. The molecule has 2 rings (SSSR count). The van der Waals surface area contributed by atoms with Crippen molar-refractivity contribution < 1.29 is 4.74 Å². The topological polar surface area (TPSA) is 21.6 Å². The van der Waals surface area contributed by atoms with Gasteiger partial charge >= 0.3 is 0 Å². The number of hydrogen-bond donors (Lipinski definition) is 0. The van der Waals surface area contributed by atoms with E-state index in [1.807, 2.05) is 43.4 Å². The summed E-state index contributed by atoms with van der Waals surface area (Å²) in [4.78, 5) is 4.75. The molecule has 0 aromatic heterocycles. The maximum Gasteiger partial charge on any atom is 0.120 e. The van der Waals surface area contributed by atoms with E-state index in [2.05, 4.69) is 24.8 Å². The van der Waals surface area contributed by atoms with Gasteiger partial charge in [-0.05, 0) is 19.1 Å². The van der Waals surface area contributed by atoms with Crippen LogP contribution in [0.25, 0.3) is 5.70 Å². The first kappa shape index (κ1) is 14.1. The second kappa shape index (κ2) is 6.71. The third-order valence-electron chi connectivity index (χ3n) is 2.87. The highest BCUT2D eigenvalue weighted by molar-refractivity contribution is 6.01. The summed E-state index contributed by atoms with van der Waals surface area (Å²) in [7, 11) is 1.67. The number of allylic oxidation sites excluding steroid dienone is 5. The summed E-state index contributed by atoms with van der Waals surface area (Å²) in [6.07, 6.45) is 8.80. The highest BCUT2D eigenvalue weighted by Gasteiger charge is 2.06. The van der Waals surface area contributed by atoms with Crippen LogP contribution in [0.5, 0.6) is 0 Å². The Morgan fingerprint density at radius 3 is 2.70 bits per heavy atom. The van der Waals surface area contributed by atoms with E-state index in [1.165, 1.54) is 0 Å². The van der Waals surface area contributed by atoms with Gasteiger partial charge in [-0.25, -0.2) is 0 Å². The van der Waals surface area contributed by atoms with Gasteiger partial charge in [0.1, 0.15) is 5.76 Å². The predicted octanol–water partition coefficient (Wildman–Crippen LogP) is 4.53. The molecule has 1 aromatic rings. The van der Waals surface area contributed by atoms with Crippen LogP contribution in [0.2, 0.25) is 0 Å². The smallest absolute Gasteiger partial charge is 0.120 e. The SMILES string of the molecule is C=C(C)/C=C(\N=C1C=C(OC)C=CC1)c1ccccc1. The van der Waals surface area contributed by atoms with E-state index in [0.717, 1.165) is 34.7 Å². The molecule has 0 saturated heterocycles. The average molecular weight is 265 g/mol. The first-order chi connectivity index (χ1) is 9.69. The van der Waals surface area contributed by atoms with Gasteiger partial charge in [0.05, 0.1) is 12.8 Å². The fourth-order valence-corrected chi connectivity index (χ4v) is 1.95. The molecule has 0 aliphatic heterocycles. The van der Waals surface area contributed by atoms with Gasteiger partial charge in [0, 0.05) is 23.8 Å². The third-order valence-corrected chi connectivity index (χ3v) is 2.87. The summed E-state index contributed by atoms with van der Waals surface area (Å²) >= 11 is 0. The van der Waals surface area contributed by atoms with Crippen molar-refractivity contribution in [2.24, 2.45) is 4.99 Å². The molecule has 0 N–H and O–H groups in total. The van der Waals surface area contributed by atoms with Crippen LogP contribution in [0, 0.1) is 0 Å². The second-order valence-corrected chi connectivity index (χ2v) is 4.70. The Labute approximate surface area is 120 Å². The van der Waals surface area contributed by atoms with Gasteiger partial charge in [0.2, 0.25) is 0 Å². The third kappa shape index (κ3) is 3.82. The highest BCUT2D eigenvalue weighted by Crippen LogP contribution is 2.20. The fraction of sp³-hybridized carbons (Fsp3) is 0.167. The summed E-state index contributed by atoms with van der Waals surface area (Å²) in [6.45, 7) is 5.92. The molecule has 102 valence electrons. The minimum absolute atomic E-state index is 0.813. The number of nitrogens with zero attached hydrogens (tertiary/aromatic N) is 1. The van der Waals surface area contributed by atoms with Crippen LogP contribution in [0.4, 0.5) is 0 Å². The van der Waals surface area contributed by atoms with Crippen LogP contribution in [0.3, 0.4) is 0 Å². The number of aliphatic imine (C=N–C) groups is 1. The molecule has 20 heavy (non-hydrogen) atoms. The van der Waals surface area contributed by atoms with Crippen molar-refractivity contribution in [3.8, 4) is 0 Å². The molecular weight excluding hydrogens is 246 g/mol. The zero-order valence-electron chi connectivity index (χ0n) is 12.0. The molecule has 0 fully saturated rings. The van der Waals surface area contributed by atoms with Crippen LogP contribution in [0.15, 0.2) is 77.5 Å². The van der Waals surface area contributed by atoms with Crippen molar-refractivity contribution >= 4 is 11.4 Å². The average Bonchev–Trinajstić information content (AvgIpc) is 2.47. The van der Waals surface area contributed by atoms with Gasteiger partial charge in [-0.1, -0.05) is 48.6 Å². The van der Waals surface area contributed by atoms with Crippen molar-refractivity contribution in [1.29, 1.82) is 0 Å². The van der Waals surface area contributed by atoms with Crippen LogP contribution < -0.4 is 0 Å². The molecule has 0 amide bonds. The quantitative estimate of drug-likeness (QED) is 0.733. The van der Waals surface area contributed by atoms with Gasteiger partial charge < -0.3 is 4.74 Å². The number of ether oxygens (including phenoxy) is 1. The molecule has 0 bridgehead atoms. The van der Waals surface area contributed by atoms with Gasteiger partial charge in [0.15, 0.2) is 0 Å². The van der Waals surface area contributed by atoms with E-state index in [1.54, 1.807) is 7.11 Å². The normalized spacial score (nSPS) is 17.0. The van der Waals surface area contributed by atoms with Crippen molar-refractivity contribution in [1.82, 2.24) is 0 Å². The van der Waals surface area contributed by atoms with Crippen molar-refractivity contribution in [3.05, 3.63) is 78.1 Å². The standard InChI is InChI=1S/C18H19NO/c1-14(2)12-18(15-8-5-4-6-9-15)19-16-10-7-11-17(13-16)20-3/h4-9,11-13H,1,10H2,2-3H3/b18-12-,19-16?. The van der Waals surface area contributed by atoms with Crippen LogP contribution in [-0.4, -0.2) is 12.8 Å². The van der Waals surface area contributed by atoms with E-state index in [-0.39, 0.29) is 0 Å². The Kier molecular flexibility index (Phi) is 4.72. The number of hydrogen-bond acceptors (Lipinski definition) is 2. The lowest BCUT2D eigenvalue weighted by molar-refractivity contribution is 0.307. The van der Waals surface area contributed by atoms with Gasteiger partial charge in [-0.2, -0.15) is 0 Å². The summed E-state index contributed by atoms with van der Waals surface area (Å²) in [5, 5.41) is 0. The lowest BCUT2D eigenvalue weighted by Crippen LogP contribution is -2.00. The Morgan fingerprint density at radius 2 is 2.05 bits per heavy atom. The molecule has 0 heterocycles. The molecule has 0 spiro atoms. The minimum Gasteiger partial charge on any atom is -0.497 e. The van der Waals surface area contributed by atoms with E-state index in [4.69, 9.17) is 9.73 Å². The lowest BCUT2D eigenvalue weighted by atomic mass is 10.1. The van der Waals surface area contributed by atoms with E-state index >= 15 is 0 Å². The summed E-state index contributed by atoms with van der Waals surface area (Å²) in [6, 6.07) is 10.1. The van der Waals surface area contributed by atoms with E-state index in [9.17, 15) is 0 Å². The number of methoxy groups -OCH3 is 1. The van der Waals surface area contributed by atoms with Crippen LogP contribution >= 0.6 is 0 Å². The Balaban J connectivity index is 2.37. The molecule has 1 aliphatic rings. The fourth-order valence-electron chi connectivity index (χ4n) is 1.95. The predicted molar refractivity (Wildman–Crippen MR) is 85.5 cm³/mol. The Bertz CT molecular complexity index is 604. The van der Waals surface area contributed by atoms with E-state index < -0.39 is 0 Å².